The molecule has 11 heteroatoms. The molecule has 0 atom stereocenters. The van der Waals surface area contributed by atoms with E-state index in [2.05, 4.69) is 9.31 Å². The van der Waals surface area contributed by atoms with Gasteiger partial charge < -0.3 is 9.31 Å². The molecule has 0 radical (unpaired) electrons. The minimum absolute atomic E-state index is 0.836. The van der Waals surface area contributed by atoms with Gasteiger partial charge in [-0.05, 0) is 6.82 Å². The third-order valence-electron chi connectivity index (χ3n) is 1.66. The summed E-state index contributed by atoms with van der Waals surface area (Å²) in [4.78, 5) is 0. The standard InChI is InChI=1S/C7H9BF8O2/c1-8(17-2-6(13,14)4(9)10)18-3-7(15,16)5(11)12/h4-5H,2-3H2,1H3. The summed E-state index contributed by atoms with van der Waals surface area (Å²) in [5, 5.41) is 0. The smallest absolute Gasteiger partial charge is 0.405 e. The largest absolute Gasteiger partial charge is 0.453 e. The van der Waals surface area contributed by atoms with Crippen LogP contribution in [0.3, 0.4) is 0 Å². The van der Waals surface area contributed by atoms with Gasteiger partial charge in [0.05, 0.1) is 0 Å². The first-order chi connectivity index (χ1) is 7.99. The summed E-state index contributed by atoms with van der Waals surface area (Å²) in [6.45, 7) is -2.71. The Balaban J connectivity index is 4.03. The maximum Gasteiger partial charge on any atom is 0.453 e. The van der Waals surface area contributed by atoms with Crippen molar-refractivity contribution in [1.29, 1.82) is 0 Å². The molecule has 0 bridgehead atoms. The summed E-state index contributed by atoms with van der Waals surface area (Å²) in [6.07, 6.45) is -7.99. The predicted octanol–water partition coefficient (Wildman–Crippen LogP) is 2.94. The molecule has 0 N–H and O–H groups in total. The molecular formula is C7H9BF8O2. The third kappa shape index (κ3) is 5.85. The van der Waals surface area contributed by atoms with Gasteiger partial charge in [-0.2, -0.15) is 17.6 Å². The van der Waals surface area contributed by atoms with Gasteiger partial charge in [-0.25, -0.2) is 17.6 Å². The van der Waals surface area contributed by atoms with Crippen LogP contribution in [0.1, 0.15) is 0 Å². The fourth-order valence-corrected chi connectivity index (χ4v) is 0.631. The molecule has 0 aliphatic carbocycles. The van der Waals surface area contributed by atoms with Crippen molar-refractivity contribution in [2.24, 2.45) is 0 Å². The zero-order chi connectivity index (χ0) is 14.6. The highest BCUT2D eigenvalue weighted by Crippen LogP contribution is 2.25. The van der Waals surface area contributed by atoms with Crippen LogP contribution in [0.2, 0.25) is 6.82 Å². The van der Waals surface area contributed by atoms with Crippen molar-refractivity contribution in [3.05, 3.63) is 0 Å². The molecule has 2 nitrogen and oxygen atoms in total. The Morgan fingerprint density at radius 1 is 0.833 bits per heavy atom. The van der Waals surface area contributed by atoms with E-state index in [0.29, 0.717) is 0 Å². The molecule has 0 fully saturated rings. The van der Waals surface area contributed by atoms with Crippen molar-refractivity contribution < 1.29 is 44.4 Å². The van der Waals surface area contributed by atoms with Gasteiger partial charge >= 0.3 is 31.8 Å². The van der Waals surface area contributed by atoms with Gasteiger partial charge in [0.25, 0.3) is 0 Å². The lowest BCUT2D eigenvalue weighted by Gasteiger charge is -2.20. The van der Waals surface area contributed by atoms with Gasteiger partial charge in [-0.3, -0.25) is 0 Å². The molecule has 0 heterocycles. The highest BCUT2D eigenvalue weighted by atomic mass is 19.3. The SMILES string of the molecule is CB(OCC(F)(F)C(F)F)OCC(F)(F)C(F)F. The van der Waals surface area contributed by atoms with Gasteiger partial charge in [0, 0.05) is 0 Å². The van der Waals surface area contributed by atoms with Crippen LogP contribution in [-0.2, 0) is 9.31 Å². The lowest BCUT2D eigenvalue weighted by Crippen LogP contribution is -2.39. The average Bonchev–Trinajstić information content (AvgIpc) is 2.23. The first-order valence-corrected chi connectivity index (χ1v) is 4.54. The van der Waals surface area contributed by atoms with E-state index in [1.165, 1.54) is 0 Å². The minimum atomic E-state index is -4.47. The van der Waals surface area contributed by atoms with E-state index in [9.17, 15) is 35.1 Å². The molecule has 0 spiro atoms. The van der Waals surface area contributed by atoms with Crippen LogP contribution >= 0.6 is 0 Å². The van der Waals surface area contributed by atoms with Crippen molar-refractivity contribution >= 4 is 7.12 Å². The molecule has 0 saturated heterocycles. The Morgan fingerprint density at radius 3 is 1.33 bits per heavy atom. The van der Waals surface area contributed by atoms with Crippen LogP contribution in [0.25, 0.3) is 0 Å². The van der Waals surface area contributed by atoms with Crippen molar-refractivity contribution in [2.75, 3.05) is 13.2 Å². The molecule has 0 aromatic rings. The monoisotopic (exact) mass is 288 g/mol. The zero-order valence-electron chi connectivity index (χ0n) is 8.99. The normalized spacial score (nSPS) is 13.5. The summed E-state index contributed by atoms with van der Waals surface area (Å²) in [7, 11) is -1.75. The van der Waals surface area contributed by atoms with E-state index in [4.69, 9.17) is 0 Å². The second kappa shape index (κ2) is 6.55. The highest BCUT2D eigenvalue weighted by molar-refractivity contribution is 6.42. The second-order valence-corrected chi connectivity index (χ2v) is 3.31. The quantitative estimate of drug-likeness (QED) is 0.505. The van der Waals surface area contributed by atoms with Crippen LogP contribution in [-0.4, -0.2) is 45.0 Å². The molecule has 18 heavy (non-hydrogen) atoms. The van der Waals surface area contributed by atoms with Crippen LogP contribution in [0.4, 0.5) is 35.1 Å². The Kier molecular flexibility index (Phi) is 6.34. The molecule has 108 valence electrons. The summed E-state index contributed by atoms with van der Waals surface area (Å²) in [6, 6.07) is 0. The van der Waals surface area contributed by atoms with Gasteiger partial charge in [0.2, 0.25) is 0 Å². The molecular weight excluding hydrogens is 279 g/mol. The first kappa shape index (κ1) is 17.4. The highest BCUT2D eigenvalue weighted by Gasteiger charge is 2.43. The maximum atomic E-state index is 12.3. The van der Waals surface area contributed by atoms with E-state index in [1.807, 2.05) is 0 Å². The third-order valence-corrected chi connectivity index (χ3v) is 1.66. The number of alkyl halides is 8. The van der Waals surface area contributed by atoms with Crippen molar-refractivity contribution in [3.63, 3.8) is 0 Å². The molecule has 0 unspecified atom stereocenters. The van der Waals surface area contributed by atoms with E-state index in [-0.39, 0.29) is 0 Å². The van der Waals surface area contributed by atoms with E-state index in [0.717, 1.165) is 6.82 Å². The zero-order valence-corrected chi connectivity index (χ0v) is 8.99. The van der Waals surface area contributed by atoms with E-state index < -0.39 is 45.0 Å². The lowest BCUT2D eigenvalue weighted by atomic mass is 9.95. The molecule has 0 saturated carbocycles. The van der Waals surface area contributed by atoms with Gasteiger partial charge in [-0.1, -0.05) is 0 Å². The molecule has 0 aliphatic rings. The topological polar surface area (TPSA) is 18.5 Å². The number of hydrogen-bond donors (Lipinski definition) is 0. The van der Waals surface area contributed by atoms with Crippen molar-refractivity contribution in [1.82, 2.24) is 0 Å². The Morgan fingerprint density at radius 2 is 1.11 bits per heavy atom. The lowest BCUT2D eigenvalue weighted by molar-refractivity contribution is -0.161. The first-order valence-electron chi connectivity index (χ1n) is 4.54. The van der Waals surface area contributed by atoms with Crippen molar-refractivity contribution in [2.45, 2.75) is 31.5 Å². The molecule has 0 rings (SSSR count). The Hall–Kier alpha value is -0.575. The van der Waals surface area contributed by atoms with Crippen LogP contribution < -0.4 is 0 Å². The molecule has 0 aliphatic heterocycles. The van der Waals surface area contributed by atoms with Crippen LogP contribution in [0, 0.1) is 0 Å². The number of rotatable bonds is 8. The van der Waals surface area contributed by atoms with Gasteiger partial charge in [0.15, 0.2) is 0 Å². The fourth-order valence-electron chi connectivity index (χ4n) is 0.631. The summed E-state index contributed by atoms with van der Waals surface area (Å²) in [5.74, 6) is -8.94. The van der Waals surface area contributed by atoms with Crippen molar-refractivity contribution in [3.8, 4) is 0 Å². The summed E-state index contributed by atoms with van der Waals surface area (Å²) < 4.78 is 104. The summed E-state index contributed by atoms with van der Waals surface area (Å²) >= 11 is 0. The Labute approximate surface area is 97.4 Å². The van der Waals surface area contributed by atoms with E-state index >= 15 is 0 Å². The predicted molar refractivity (Wildman–Crippen MR) is 45.4 cm³/mol. The second-order valence-electron chi connectivity index (χ2n) is 3.31. The fraction of sp³-hybridized carbons (Fsp3) is 1.00. The molecule has 0 amide bonds. The number of halogens is 8. The van der Waals surface area contributed by atoms with Gasteiger partial charge in [0.1, 0.15) is 13.2 Å². The summed E-state index contributed by atoms with van der Waals surface area (Å²) in [5.41, 5.74) is 0. The van der Waals surface area contributed by atoms with E-state index in [1.54, 1.807) is 0 Å². The maximum absolute atomic E-state index is 12.3. The van der Waals surface area contributed by atoms with Crippen LogP contribution in [0.15, 0.2) is 0 Å². The molecule has 0 aromatic carbocycles. The molecule has 0 aromatic heterocycles. The Bertz CT molecular complexity index is 226. The minimum Gasteiger partial charge on any atom is -0.405 e. The van der Waals surface area contributed by atoms with Crippen LogP contribution in [0.5, 0.6) is 0 Å². The average molecular weight is 288 g/mol. The number of hydrogen-bond acceptors (Lipinski definition) is 2. The van der Waals surface area contributed by atoms with Gasteiger partial charge in [-0.15, -0.1) is 0 Å².